The van der Waals surface area contributed by atoms with Crippen LogP contribution in [-0.4, -0.2) is 9.55 Å². The molecule has 0 bridgehead atoms. The van der Waals surface area contributed by atoms with Gasteiger partial charge in [-0.15, -0.1) is 0 Å². The van der Waals surface area contributed by atoms with E-state index in [2.05, 4.69) is 27.5 Å². The summed E-state index contributed by atoms with van der Waals surface area (Å²) in [5, 5.41) is 0. The summed E-state index contributed by atoms with van der Waals surface area (Å²) in [5.74, 6) is 0. The number of rotatable bonds is 3. The highest BCUT2D eigenvalue weighted by molar-refractivity contribution is 9.11. The third-order valence-corrected chi connectivity index (χ3v) is 2.39. The normalized spacial score (nSPS) is 12.3. The van der Waals surface area contributed by atoms with Gasteiger partial charge in [-0.1, -0.05) is 28.6 Å². The maximum atomic E-state index is 11.2. The Labute approximate surface area is 90.6 Å². The predicted molar refractivity (Wildman–Crippen MR) is 62.2 cm³/mol. The molecule has 4 heteroatoms. The highest BCUT2D eigenvalue weighted by Gasteiger charge is 1.96. The average molecular weight is 255 g/mol. The quantitative estimate of drug-likeness (QED) is 0.828. The SMILES string of the molecule is C=C(/C=C\C(Br)=C/C)n1cc[nH]c1=O. The van der Waals surface area contributed by atoms with Crippen LogP contribution >= 0.6 is 15.9 Å². The van der Waals surface area contributed by atoms with Crippen LogP contribution in [0, 0.1) is 0 Å². The molecule has 0 aliphatic heterocycles. The van der Waals surface area contributed by atoms with Crippen LogP contribution in [0.3, 0.4) is 0 Å². The lowest BCUT2D eigenvalue weighted by Crippen LogP contribution is -2.13. The molecule has 0 aliphatic rings. The Kier molecular flexibility index (Phi) is 3.71. The van der Waals surface area contributed by atoms with Gasteiger partial charge in [-0.05, 0) is 19.1 Å². The highest BCUT2D eigenvalue weighted by Crippen LogP contribution is 2.08. The molecule has 1 aromatic heterocycles. The van der Waals surface area contributed by atoms with Crippen LogP contribution in [0.15, 0.2) is 46.5 Å². The minimum Gasteiger partial charge on any atom is -0.312 e. The molecule has 0 spiro atoms. The van der Waals surface area contributed by atoms with Crippen molar-refractivity contribution >= 4 is 21.6 Å². The number of aromatic amines is 1. The zero-order valence-electron chi connectivity index (χ0n) is 7.83. The zero-order valence-corrected chi connectivity index (χ0v) is 9.41. The maximum absolute atomic E-state index is 11.2. The van der Waals surface area contributed by atoms with Crippen molar-refractivity contribution in [1.82, 2.24) is 9.55 Å². The fourth-order valence-electron chi connectivity index (χ4n) is 0.899. The third-order valence-electron chi connectivity index (χ3n) is 1.67. The van der Waals surface area contributed by atoms with Crippen molar-refractivity contribution < 1.29 is 0 Å². The number of nitrogens with zero attached hydrogens (tertiary/aromatic N) is 1. The summed E-state index contributed by atoms with van der Waals surface area (Å²) in [5.41, 5.74) is 0.436. The first-order valence-corrected chi connectivity index (χ1v) is 4.89. The molecule has 14 heavy (non-hydrogen) atoms. The number of H-pyrrole nitrogens is 1. The fraction of sp³-hybridized carbons (Fsp3) is 0.100. The third kappa shape index (κ3) is 2.60. The van der Waals surface area contributed by atoms with E-state index in [1.54, 1.807) is 18.5 Å². The lowest BCUT2D eigenvalue weighted by molar-refractivity contribution is 1.02. The zero-order chi connectivity index (χ0) is 10.6. The number of hydrogen-bond acceptors (Lipinski definition) is 1. The van der Waals surface area contributed by atoms with Crippen molar-refractivity contribution in [1.29, 1.82) is 0 Å². The topological polar surface area (TPSA) is 37.8 Å². The van der Waals surface area contributed by atoms with Crippen molar-refractivity contribution in [2.75, 3.05) is 0 Å². The number of hydrogen-bond donors (Lipinski definition) is 1. The molecule has 0 unspecified atom stereocenters. The van der Waals surface area contributed by atoms with Gasteiger partial charge >= 0.3 is 5.69 Å². The number of imidazole rings is 1. The molecule has 0 amide bonds. The predicted octanol–water partition coefficient (Wildman–Crippen LogP) is 2.50. The number of halogens is 1. The van der Waals surface area contributed by atoms with Crippen molar-refractivity contribution in [3.05, 3.63) is 52.2 Å². The van der Waals surface area contributed by atoms with Crippen LogP contribution in [0.2, 0.25) is 0 Å². The van der Waals surface area contributed by atoms with Crippen LogP contribution in [0.4, 0.5) is 0 Å². The largest absolute Gasteiger partial charge is 0.330 e. The summed E-state index contributed by atoms with van der Waals surface area (Å²) >= 11 is 3.33. The number of aromatic nitrogens is 2. The molecule has 0 radical (unpaired) electrons. The van der Waals surface area contributed by atoms with Crippen LogP contribution in [0.25, 0.3) is 5.70 Å². The lowest BCUT2D eigenvalue weighted by Gasteiger charge is -1.97. The van der Waals surface area contributed by atoms with Gasteiger partial charge in [0.05, 0.1) is 0 Å². The van der Waals surface area contributed by atoms with Crippen molar-refractivity contribution in [2.24, 2.45) is 0 Å². The molecule has 1 rings (SSSR count). The average Bonchev–Trinajstić information content (AvgIpc) is 2.60. The Bertz CT molecular complexity index is 437. The van der Waals surface area contributed by atoms with E-state index in [-0.39, 0.29) is 5.69 Å². The van der Waals surface area contributed by atoms with Crippen molar-refractivity contribution in [2.45, 2.75) is 6.92 Å². The van der Waals surface area contributed by atoms with E-state index in [0.29, 0.717) is 5.70 Å². The van der Waals surface area contributed by atoms with E-state index < -0.39 is 0 Å². The molecular weight excluding hydrogens is 244 g/mol. The molecule has 0 saturated carbocycles. The first kappa shape index (κ1) is 10.8. The Morgan fingerprint density at radius 3 is 2.86 bits per heavy atom. The van der Waals surface area contributed by atoms with E-state index in [0.717, 1.165) is 4.48 Å². The molecule has 0 aliphatic carbocycles. The van der Waals surface area contributed by atoms with Crippen LogP contribution < -0.4 is 5.69 Å². The van der Waals surface area contributed by atoms with E-state index >= 15 is 0 Å². The van der Waals surface area contributed by atoms with Crippen LogP contribution in [0.1, 0.15) is 6.92 Å². The van der Waals surface area contributed by atoms with E-state index in [9.17, 15) is 4.79 Å². The maximum Gasteiger partial charge on any atom is 0.330 e. The monoisotopic (exact) mass is 254 g/mol. The molecule has 0 saturated heterocycles. The van der Waals surface area contributed by atoms with Gasteiger partial charge in [-0.3, -0.25) is 4.57 Å². The summed E-state index contributed by atoms with van der Waals surface area (Å²) in [6, 6.07) is 0. The Hall–Kier alpha value is -1.29. The van der Waals surface area contributed by atoms with E-state index in [1.165, 1.54) is 4.57 Å². The number of nitrogens with one attached hydrogen (secondary N) is 1. The summed E-state index contributed by atoms with van der Waals surface area (Å²) in [6.45, 7) is 5.69. The second-order valence-electron chi connectivity index (χ2n) is 2.63. The summed E-state index contributed by atoms with van der Waals surface area (Å²) in [4.78, 5) is 13.7. The molecule has 1 heterocycles. The van der Waals surface area contributed by atoms with Gasteiger partial charge in [-0.2, -0.15) is 0 Å². The first-order valence-electron chi connectivity index (χ1n) is 4.10. The molecule has 1 aromatic rings. The summed E-state index contributed by atoms with van der Waals surface area (Å²) < 4.78 is 2.38. The molecule has 0 atom stereocenters. The van der Waals surface area contributed by atoms with Crippen LogP contribution in [-0.2, 0) is 0 Å². The molecule has 0 fully saturated rings. The van der Waals surface area contributed by atoms with Crippen molar-refractivity contribution in [3.8, 4) is 0 Å². The molecule has 74 valence electrons. The summed E-state index contributed by atoms with van der Waals surface area (Å²) in [6.07, 6.45) is 8.72. The standard InChI is InChI=1S/C10H11BrN2O/c1-3-9(11)5-4-8(2)13-7-6-12-10(13)14/h3-7H,2H2,1H3,(H,12,14)/b5-4-,9-3+. The van der Waals surface area contributed by atoms with Crippen LogP contribution in [0.5, 0.6) is 0 Å². The van der Waals surface area contributed by atoms with Gasteiger partial charge < -0.3 is 4.98 Å². The molecule has 0 aromatic carbocycles. The van der Waals surface area contributed by atoms with Gasteiger partial charge in [0, 0.05) is 22.6 Å². The van der Waals surface area contributed by atoms with Gasteiger partial charge in [-0.25, -0.2) is 4.79 Å². The molecule has 3 nitrogen and oxygen atoms in total. The van der Waals surface area contributed by atoms with Gasteiger partial charge in [0.15, 0.2) is 0 Å². The summed E-state index contributed by atoms with van der Waals surface area (Å²) in [7, 11) is 0. The molecular formula is C10H11BrN2O. The molecule has 1 N–H and O–H groups in total. The van der Waals surface area contributed by atoms with Gasteiger partial charge in [0.25, 0.3) is 0 Å². The van der Waals surface area contributed by atoms with Gasteiger partial charge in [0.2, 0.25) is 0 Å². The minimum atomic E-state index is -0.184. The Morgan fingerprint density at radius 1 is 1.64 bits per heavy atom. The van der Waals surface area contributed by atoms with Gasteiger partial charge in [0.1, 0.15) is 0 Å². The first-order chi connectivity index (χ1) is 6.65. The van der Waals surface area contributed by atoms with Crippen molar-refractivity contribution in [3.63, 3.8) is 0 Å². The lowest BCUT2D eigenvalue weighted by atomic mass is 10.4. The Morgan fingerprint density at radius 2 is 2.36 bits per heavy atom. The second-order valence-corrected chi connectivity index (χ2v) is 3.55. The van der Waals surface area contributed by atoms with E-state index in [4.69, 9.17) is 0 Å². The second kappa shape index (κ2) is 4.81. The number of allylic oxidation sites excluding steroid dienone is 5. The fourth-order valence-corrected chi connectivity index (χ4v) is 1.03. The smallest absolute Gasteiger partial charge is 0.312 e. The minimum absolute atomic E-state index is 0.184. The highest BCUT2D eigenvalue weighted by atomic mass is 79.9. The Balaban J connectivity index is 2.84. The van der Waals surface area contributed by atoms with E-state index in [1.807, 2.05) is 19.1 Å².